The van der Waals surface area contributed by atoms with Gasteiger partial charge in [0, 0.05) is 19.2 Å². The van der Waals surface area contributed by atoms with E-state index in [4.69, 9.17) is 4.74 Å². The molecule has 5 N–H and O–H groups in total. The van der Waals surface area contributed by atoms with Crippen LogP contribution in [0.3, 0.4) is 0 Å². The molecule has 0 fully saturated rings. The summed E-state index contributed by atoms with van der Waals surface area (Å²) in [5.74, 6) is -1.79. The van der Waals surface area contributed by atoms with Crippen LogP contribution in [0, 0.1) is 17.6 Å². The second-order valence-corrected chi connectivity index (χ2v) is 9.08. The lowest BCUT2D eigenvalue weighted by Crippen LogP contribution is -2.54. The first kappa shape index (κ1) is 27.7. The second kappa shape index (κ2) is 12.7. The Hall–Kier alpha value is -2.30. The lowest BCUT2D eigenvalue weighted by molar-refractivity contribution is -0.124. The number of hydrogen-bond acceptors (Lipinski definition) is 6. The monoisotopic (exact) mass is 459 g/mol. The number of halogens is 2. The Kier molecular flexibility index (Phi) is 11.0. The van der Waals surface area contributed by atoms with Crippen molar-refractivity contribution < 1.29 is 33.3 Å². The van der Waals surface area contributed by atoms with Gasteiger partial charge in [-0.15, -0.1) is 0 Å². The Balaban J connectivity index is 2.89. The summed E-state index contributed by atoms with van der Waals surface area (Å²) in [5, 5.41) is 28.1. The average Bonchev–Trinajstić information content (AvgIpc) is 2.63. The quantitative estimate of drug-likeness (QED) is 0.342. The van der Waals surface area contributed by atoms with E-state index in [1.54, 1.807) is 20.8 Å². The van der Waals surface area contributed by atoms with Gasteiger partial charge in [0.2, 0.25) is 5.91 Å². The molecule has 0 aliphatic heterocycles. The summed E-state index contributed by atoms with van der Waals surface area (Å²) in [6, 6.07) is 0.958. The fourth-order valence-electron chi connectivity index (χ4n) is 2.80. The molecule has 0 radical (unpaired) electrons. The zero-order valence-electron chi connectivity index (χ0n) is 19.2. The van der Waals surface area contributed by atoms with Crippen molar-refractivity contribution in [3.05, 3.63) is 35.4 Å². The number of nitrogens with one attached hydrogen (secondary N) is 3. The van der Waals surface area contributed by atoms with Crippen molar-refractivity contribution in [1.82, 2.24) is 16.0 Å². The van der Waals surface area contributed by atoms with Gasteiger partial charge >= 0.3 is 6.09 Å². The molecular weight excluding hydrogens is 424 g/mol. The van der Waals surface area contributed by atoms with Crippen LogP contribution in [0.4, 0.5) is 13.6 Å². The predicted molar refractivity (Wildman–Crippen MR) is 116 cm³/mol. The number of hydrogen-bond donors (Lipinski definition) is 5. The van der Waals surface area contributed by atoms with E-state index in [0.717, 1.165) is 18.2 Å². The van der Waals surface area contributed by atoms with Crippen LogP contribution in [-0.2, 0) is 16.0 Å². The molecule has 0 unspecified atom stereocenters. The summed E-state index contributed by atoms with van der Waals surface area (Å²) in [5.41, 5.74) is -0.574. The molecule has 0 heterocycles. The molecule has 3 atom stereocenters. The van der Waals surface area contributed by atoms with Gasteiger partial charge < -0.3 is 30.9 Å². The van der Waals surface area contributed by atoms with Crippen LogP contribution in [-0.4, -0.2) is 65.7 Å². The van der Waals surface area contributed by atoms with Crippen LogP contribution < -0.4 is 16.0 Å². The molecule has 0 spiro atoms. The Morgan fingerprint density at radius 2 is 1.69 bits per heavy atom. The molecular formula is C22H35F2N3O5. The summed E-state index contributed by atoms with van der Waals surface area (Å²) in [6.07, 6.45) is -2.17. The fourth-order valence-corrected chi connectivity index (χ4v) is 2.80. The second-order valence-electron chi connectivity index (χ2n) is 9.08. The summed E-state index contributed by atoms with van der Waals surface area (Å²) < 4.78 is 32.4. The van der Waals surface area contributed by atoms with Crippen molar-refractivity contribution in [2.24, 2.45) is 5.92 Å². The maximum atomic E-state index is 13.6. The number of aliphatic hydroxyl groups is 2. The van der Waals surface area contributed by atoms with Crippen molar-refractivity contribution in [3.8, 4) is 0 Å². The van der Waals surface area contributed by atoms with Gasteiger partial charge in [0.15, 0.2) is 0 Å². The van der Waals surface area contributed by atoms with E-state index in [-0.39, 0.29) is 24.4 Å². The van der Waals surface area contributed by atoms with Crippen LogP contribution in [0.15, 0.2) is 18.2 Å². The Morgan fingerprint density at radius 3 is 2.19 bits per heavy atom. The maximum absolute atomic E-state index is 13.6. The highest BCUT2D eigenvalue weighted by Crippen LogP contribution is 2.13. The largest absolute Gasteiger partial charge is 0.444 e. The number of rotatable bonds is 11. The summed E-state index contributed by atoms with van der Waals surface area (Å²) in [6.45, 7) is 8.60. The standard InChI is InChI=1S/C22H35F2N3O5/c1-13(2)10-26-20(30)18(12-28)25-11-19(29)17(27-21(31)32-22(3,4)5)8-14-6-15(23)9-16(24)7-14/h6-7,9,13,17-19,25,28-29H,8,10-12H2,1-5H3,(H,26,30)(H,27,31)/t17-,18-,19+/m0/s1. The number of aliphatic hydroxyl groups excluding tert-OH is 2. The SMILES string of the molecule is CC(C)CNC(=O)[C@H](CO)NC[C@@H](O)[C@H](Cc1cc(F)cc(F)c1)NC(=O)OC(C)(C)C. The first-order chi connectivity index (χ1) is 14.8. The topological polar surface area (TPSA) is 120 Å². The molecule has 182 valence electrons. The predicted octanol–water partition coefficient (Wildman–Crippen LogP) is 1.48. The van der Waals surface area contributed by atoms with Gasteiger partial charge in [-0.25, -0.2) is 13.6 Å². The van der Waals surface area contributed by atoms with Gasteiger partial charge in [0.05, 0.1) is 18.8 Å². The van der Waals surface area contributed by atoms with Crippen molar-refractivity contribution in [2.75, 3.05) is 19.7 Å². The van der Waals surface area contributed by atoms with Crippen molar-refractivity contribution >= 4 is 12.0 Å². The third kappa shape index (κ3) is 10.8. The summed E-state index contributed by atoms with van der Waals surface area (Å²) in [4.78, 5) is 24.4. The van der Waals surface area contributed by atoms with Gasteiger partial charge in [0.25, 0.3) is 0 Å². The minimum Gasteiger partial charge on any atom is -0.444 e. The van der Waals surface area contributed by atoms with Crippen molar-refractivity contribution in [3.63, 3.8) is 0 Å². The normalized spacial score (nSPS) is 14.6. The molecule has 0 aliphatic carbocycles. The number of carbonyl (C=O) groups is 2. The van der Waals surface area contributed by atoms with E-state index < -0.39 is 54.0 Å². The Morgan fingerprint density at radius 1 is 1.09 bits per heavy atom. The fraction of sp³-hybridized carbons (Fsp3) is 0.636. The first-order valence-electron chi connectivity index (χ1n) is 10.5. The number of carbonyl (C=O) groups excluding carboxylic acids is 2. The van der Waals surface area contributed by atoms with Crippen LogP contribution in [0.5, 0.6) is 0 Å². The van der Waals surface area contributed by atoms with Crippen LogP contribution in [0.25, 0.3) is 0 Å². The summed E-state index contributed by atoms with van der Waals surface area (Å²) in [7, 11) is 0. The Bertz CT molecular complexity index is 735. The smallest absolute Gasteiger partial charge is 0.407 e. The lowest BCUT2D eigenvalue weighted by atomic mass is 10.0. The van der Waals surface area contributed by atoms with E-state index >= 15 is 0 Å². The lowest BCUT2D eigenvalue weighted by Gasteiger charge is -2.28. The van der Waals surface area contributed by atoms with E-state index in [2.05, 4.69) is 16.0 Å². The third-order valence-corrected chi connectivity index (χ3v) is 4.30. The highest BCUT2D eigenvalue weighted by Gasteiger charge is 2.27. The molecule has 0 aliphatic rings. The molecule has 2 amide bonds. The number of amides is 2. The van der Waals surface area contributed by atoms with Gasteiger partial charge in [-0.1, -0.05) is 13.8 Å². The molecule has 10 heteroatoms. The van der Waals surface area contributed by atoms with Crippen LogP contribution >= 0.6 is 0 Å². The molecule has 0 saturated heterocycles. The van der Waals surface area contributed by atoms with Crippen molar-refractivity contribution in [1.29, 1.82) is 0 Å². The molecule has 32 heavy (non-hydrogen) atoms. The third-order valence-electron chi connectivity index (χ3n) is 4.30. The van der Waals surface area contributed by atoms with E-state index in [9.17, 15) is 28.6 Å². The molecule has 1 aromatic rings. The van der Waals surface area contributed by atoms with Crippen LogP contribution in [0.1, 0.15) is 40.2 Å². The van der Waals surface area contributed by atoms with E-state index in [1.807, 2.05) is 13.8 Å². The number of alkyl carbamates (subject to hydrolysis) is 1. The van der Waals surface area contributed by atoms with Gasteiger partial charge in [-0.05, 0) is 50.8 Å². The number of benzene rings is 1. The maximum Gasteiger partial charge on any atom is 0.407 e. The van der Waals surface area contributed by atoms with E-state index in [1.165, 1.54) is 0 Å². The first-order valence-corrected chi connectivity index (χ1v) is 10.5. The zero-order chi connectivity index (χ0) is 24.5. The number of ether oxygens (including phenoxy) is 1. The molecule has 1 rings (SSSR count). The molecule has 0 saturated carbocycles. The van der Waals surface area contributed by atoms with E-state index in [0.29, 0.717) is 6.54 Å². The Labute approximate surface area is 187 Å². The minimum atomic E-state index is -1.26. The summed E-state index contributed by atoms with van der Waals surface area (Å²) >= 11 is 0. The average molecular weight is 460 g/mol. The minimum absolute atomic E-state index is 0.0971. The van der Waals surface area contributed by atoms with Gasteiger partial charge in [0.1, 0.15) is 23.3 Å². The van der Waals surface area contributed by atoms with Crippen molar-refractivity contribution in [2.45, 2.75) is 64.8 Å². The molecule has 0 aromatic heterocycles. The van der Waals surface area contributed by atoms with Crippen LogP contribution in [0.2, 0.25) is 0 Å². The van der Waals surface area contributed by atoms with Gasteiger partial charge in [-0.3, -0.25) is 4.79 Å². The van der Waals surface area contributed by atoms with Gasteiger partial charge in [-0.2, -0.15) is 0 Å². The highest BCUT2D eigenvalue weighted by molar-refractivity contribution is 5.81. The highest BCUT2D eigenvalue weighted by atomic mass is 19.1. The molecule has 0 bridgehead atoms. The molecule has 1 aromatic carbocycles. The zero-order valence-corrected chi connectivity index (χ0v) is 19.2. The molecule has 8 nitrogen and oxygen atoms in total.